The van der Waals surface area contributed by atoms with Crippen molar-refractivity contribution in [2.45, 2.75) is 68.6 Å². The van der Waals surface area contributed by atoms with Gasteiger partial charge in [0.2, 0.25) is 5.91 Å². The van der Waals surface area contributed by atoms with Crippen molar-refractivity contribution in [1.82, 2.24) is 15.5 Å². The molecule has 6 heteroatoms. The van der Waals surface area contributed by atoms with Crippen LogP contribution in [-0.2, 0) is 4.79 Å². The van der Waals surface area contributed by atoms with Crippen molar-refractivity contribution >= 4 is 23.6 Å². The average Bonchev–Trinajstić information content (AvgIpc) is 3.39. The zero-order chi connectivity index (χ0) is 16.8. The Bertz CT molecular complexity index is 452. The molecule has 0 atom stereocenters. The van der Waals surface area contributed by atoms with Gasteiger partial charge in [0.1, 0.15) is 0 Å². The van der Waals surface area contributed by atoms with Gasteiger partial charge >= 0.3 is 0 Å². The molecule has 0 radical (unpaired) electrons. The summed E-state index contributed by atoms with van der Waals surface area (Å²) < 4.78 is 0.457. The molecular formula is C18H32N4OS. The number of hydrogen-bond donors (Lipinski definition) is 2. The van der Waals surface area contributed by atoms with Crippen molar-refractivity contribution in [3.05, 3.63) is 0 Å². The van der Waals surface area contributed by atoms with Crippen molar-refractivity contribution in [2.75, 3.05) is 32.4 Å². The van der Waals surface area contributed by atoms with Crippen LogP contribution in [0.5, 0.6) is 0 Å². The van der Waals surface area contributed by atoms with Crippen molar-refractivity contribution < 1.29 is 4.79 Å². The lowest BCUT2D eigenvalue weighted by molar-refractivity contribution is -0.121. The van der Waals surface area contributed by atoms with Gasteiger partial charge in [-0.25, -0.2) is 0 Å². The fourth-order valence-corrected chi connectivity index (χ4v) is 5.40. The van der Waals surface area contributed by atoms with Crippen molar-refractivity contribution in [3.63, 3.8) is 0 Å². The minimum Gasteiger partial charge on any atom is -0.356 e. The second-order valence-electron chi connectivity index (χ2n) is 7.43. The molecule has 0 aromatic heterocycles. The van der Waals surface area contributed by atoms with Crippen molar-refractivity contribution in [3.8, 4) is 0 Å². The van der Waals surface area contributed by atoms with E-state index in [0.29, 0.717) is 17.2 Å². The third kappa shape index (κ3) is 5.04. The predicted octanol–water partition coefficient (Wildman–Crippen LogP) is 2.37. The summed E-state index contributed by atoms with van der Waals surface area (Å²) >= 11 is 2.18. The van der Waals surface area contributed by atoms with E-state index in [-0.39, 0.29) is 5.91 Å². The van der Waals surface area contributed by atoms with Gasteiger partial charge in [-0.1, -0.05) is 19.3 Å². The molecule has 1 amide bonds. The van der Waals surface area contributed by atoms with Gasteiger partial charge in [-0.2, -0.15) is 11.8 Å². The number of hydrogen-bond acceptors (Lipinski definition) is 3. The van der Waals surface area contributed by atoms with E-state index in [9.17, 15) is 4.79 Å². The maximum atomic E-state index is 11.7. The molecule has 3 rings (SSSR count). The van der Waals surface area contributed by atoms with Crippen LogP contribution >= 0.6 is 11.8 Å². The van der Waals surface area contributed by atoms with Crippen LogP contribution in [0.3, 0.4) is 0 Å². The van der Waals surface area contributed by atoms with E-state index >= 15 is 0 Å². The number of carbonyl (C=O) groups is 1. The molecule has 0 bridgehead atoms. The van der Waals surface area contributed by atoms with Gasteiger partial charge in [-0.3, -0.25) is 9.79 Å². The highest BCUT2D eigenvalue weighted by Gasteiger charge is 2.38. The number of amides is 1. The highest BCUT2D eigenvalue weighted by Crippen LogP contribution is 2.42. The normalized spacial score (nSPS) is 24.0. The molecule has 136 valence electrons. The summed E-state index contributed by atoms with van der Waals surface area (Å²) in [5, 5.41) is 6.52. The molecule has 1 heterocycles. The standard InChI is InChI=1S/C18H32N4OS/c1-19-17(20-11-5-6-16(23)21-15-7-8-15)22-12-13-24-18(14-22)9-3-2-4-10-18/h15H,2-14H2,1H3,(H,19,20)(H,21,23). The summed E-state index contributed by atoms with van der Waals surface area (Å²) in [6.07, 6.45) is 10.7. The van der Waals surface area contributed by atoms with Crippen LogP contribution < -0.4 is 10.6 Å². The molecule has 3 fully saturated rings. The Morgan fingerprint density at radius 2 is 2.08 bits per heavy atom. The van der Waals surface area contributed by atoms with E-state index in [4.69, 9.17) is 0 Å². The first-order valence-electron chi connectivity index (χ1n) is 9.60. The smallest absolute Gasteiger partial charge is 0.220 e. The van der Waals surface area contributed by atoms with Gasteiger partial charge < -0.3 is 15.5 Å². The molecule has 2 aliphatic carbocycles. The lowest BCUT2D eigenvalue weighted by Gasteiger charge is -2.45. The SMILES string of the molecule is CN=C(NCCCC(=O)NC1CC1)N1CCSC2(CCCCC2)C1. The lowest BCUT2D eigenvalue weighted by atomic mass is 9.87. The predicted molar refractivity (Wildman–Crippen MR) is 102 cm³/mol. The topological polar surface area (TPSA) is 56.7 Å². The van der Waals surface area contributed by atoms with Crippen LogP contribution in [0.15, 0.2) is 4.99 Å². The summed E-state index contributed by atoms with van der Waals surface area (Å²) in [6.45, 7) is 3.02. The van der Waals surface area contributed by atoms with E-state index in [1.165, 1.54) is 37.9 Å². The van der Waals surface area contributed by atoms with Crippen molar-refractivity contribution in [1.29, 1.82) is 0 Å². The Kier molecular flexibility index (Phi) is 6.31. The summed E-state index contributed by atoms with van der Waals surface area (Å²) in [7, 11) is 1.87. The Hall–Kier alpha value is -0.910. The Labute approximate surface area is 150 Å². The van der Waals surface area contributed by atoms with Crippen LogP contribution in [0.25, 0.3) is 0 Å². The number of thioether (sulfide) groups is 1. The molecule has 0 unspecified atom stereocenters. The van der Waals surface area contributed by atoms with Gasteiger partial charge in [-0.15, -0.1) is 0 Å². The number of guanidine groups is 1. The monoisotopic (exact) mass is 352 g/mol. The maximum absolute atomic E-state index is 11.7. The van der Waals surface area contributed by atoms with E-state index in [1.807, 2.05) is 7.05 Å². The minimum absolute atomic E-state index is 0.199. The number of nitrogens with zero attached hydrogens (tertiary/aromatic N) is 2. The molecule has 3 aliphatic rings. The zero-order valence-corrected chi connectivity index (χ0v) is 15.8. The van der Waals surface area contributed by atoms with Gasteiger partial charge in [0.15, 0.2) is 5.96 Å². The van der Waals surface area contributed by atoms with Crippen LogP contribution in [-0.4, -0.2) is 60.0 Å². The summed E-state index contributed by atoms with van der Waals surface area (Å²) in [5.41, 5.74) is 0. The van der Waals surface area contributed by atoms with E-state index < -0.39 is 0 Å². The zero-order valence-electron chi connectivity index (χ0n) is 15.0. The third-order valence-electron chi connectivity index (χ3n) is 5.33. The number of aliphatic imine (C=N–C) groups is 1. The minimum atomic E-state index is 0.199. The molecule has 1 spiro atoms. The molecule has 0 aromatic rings. The average molecular weight is 353 g/mol. The van der Waals surface area contributed by atoms with Crippen LogP contribution in [0, 0.1) is 0 Å². The Morgan fingerprint density at radius 1 is 1.29 bits per heavy atom. The Balaban J connectivity index is 1.40. The van der Waals surface area contributed by atoms with Crippen LogP contribution in [0.4, 0.5) is 0 Å². The van der Waals surface area contributed by atoms with E-state index in [1.54, 1.807) is 0 Å². The van der Waals surface area contributed by atoms with E-state index in [0.717, 1.165) is 44.9 Å². The second kappa shape index (κ2) is 8.45. The van der Waals surface area contributed by atoms with Crippen LogP contribution in [0.2, 0.25) is 0 Å². The highest BCUT2D eigenvalue weighted by molar-refractivity contribution is 8.00. The van der Waals surface area contributed by atoms with Gasteiger partial charge in [-0.05, 0) is 32.1 Å². The fraction of sp³-hybridized carbons (Fsp3) is 0.889. The second-order valence-corrected chi connectivity index (χ2v) is 9.00. The van der Waals surface area contributed by atoms with Gasteiger partial charge in [0, 0.05) is 49.6 Å². The fourth-order valence-electron chi connectivity index (χ4n) is 3.83. The molecule has 2 saturated carbocycles. The molecule has 1 aliphatic heterocycles. The summed E-state index contributed by atoms with van der Waals surface area (Å²) in [4.78, 5) is 18.7. The molecule has 1 saturated heterocycles. The van der Waals surface area contributed by atoms with Crippen molar-refractivity contribution in [2.24, 2.45) is 4.99 Å². The van der Waals surface area contributed by atoms with Gasteiger partial charge in [0.05, 0.1) is 0 Å². The third-order valence-corrected chi connectivity index (χ3v) is 6.87. The summed E-state index contributed by atoms with van der Waals surface area (Å²) in [6, 6.07) is 0.468. The molecule has 24 heavy (non-hydrogen) atoms. The van der Waals surface area contributed by atoms with E-state index in [2.05, 4.69) is 32.3 Å². The maximum Gasteiger partial charge on any atom is 0.220 e. The molecule has 2 N–H and O–H groups in total. The highest BCUT2D eigenvalue weighted by atomic mass is 32.2. The number of rotatable bonds is 5. The number of carbonyl (C=O) groups excluding carboxylic acids is 1. The van der Waals surface area contributed by atoms with Gasteiger partial charge in [0.25, 0.3) is 0 Å². The molecular weight excluding hydrogens is 320 g/mol. The lowest BCUT2D eigenvalue weighted by Crippen LogP contribution is -2.53. The Morgan fingerprint density at radius 3 is 2.79 bits per heavy atom. The first-order valence-corrected chi connectivity index (χ1v) is 10.6. The summed E-state index contributed by atoms with van der Waals surface area (Å²) in [5.74, 6) is 2.41. The number of nitrogens with one attached hydrogen (secondary N) is 2. The molecule has 0 aromatic carbocycles. The largest absolute Gasteiger partial charge is 0.356 e. The first kappa shape index (κ1) is 17.9. The molecule has 5 nitrogen and oxygen atoms in total. The quantitative estimate of drug-likeness (QED) is 0.453. The first-order chi connectivity index (χ1) is 11.7. The van der Waals surface area contributed by atoms with Crippen LogP contribution in [0.1, 0.15) is 57.8 Å².